The minimum Gasteiger partial charge on any atom is -0.488 e. The molecule has 96 valence electrons. The van der Waals surface area contributed by atoms with Crippen LogP contribution in [0.3, 0.4) is 0 Å². The lowest BCUT2D eigenvalue weighted by atomic mass is 10.1. The summed E-state index contributed by atoms with van der Waals surface area (Å²) in [5, 5.41) is 8.63. The van der Waals surface area contributed by atoms with Crippen molar-refractivity contribution in [2.75, 3.05) is 0 Å². The predicted molar refractivity (Wildman–Crippen MR) is 69.5 cm³/mol. The van der Waals surface area contributed by atoms with Crippen molar-refractivity contribution < 1.29 is 13.5 Å². The molecule has 2 aromatic carbocycles. The lowest BCUT2D eigenvalue weighted by Gasteiger charge is -2.09. The van der Waals surface area contributed by atoms with E-state index >= 15 is 0 Å². The van der Waals surface area contributed by atoms with E-state index in [2.05, 4.69) is 15.9 Å². The second kappa shape index (κ2) is 5.81. The zero-order chi connectivity index (χ0) is 13.8. The van der Waals surface area contributed by atoms with Gasteiger partial charge < -0.3 is 4.74 Å². The third kappa shape index (κ3) is 3.30. The largest absolute Gasteiger partial charge is 0.488 e. The fourth-order valence-electron chi connectivity index (χ4n) is 1.48. The highest BCUT2D eigenvalue weighted by Crippen LogP contribution is 2.26. The number of rotatable bonds is 3. The van der Waals surface area contributed by atoms with Crippen LogP contribution in [0.1, 0.15) is 11.1 Å². The first-order valence-corrected chi connectivity index (χ1v) is 6.16. The van der Waals surface area contributed by atoms with Gasteiger partial charge in [0.25, 0.3) is 0 Å². The first-order chi connectivity index (χ1) is 9.10. The molecule has 0 saturated carbocycles. The molecule has 0 fully saturated rings. The van der Waals surface area contributed by atoms with E-state index in [1.165, 1.54) is 30.3 Å². The maximum absolute atomic E-state index is 13.6. The van der Waals surface area contributed by atoms with Gasteiger partial charge in [-0.15, -0.1) is 0 Å². The fraction of sp³-hybridized carbons (Fsp3) is 0.0714. The van der Waals surface area contributed by atoms with Gasteiger partial charge in [0, 0.05) is 11.6 Å². The molecule has 0 atom stereocenters. The van der Waals surface area contributed by atoms with E-state index in [4.69, 9.17) is 10.00 Å². The topological polar surface area (TPSA) is 33.0 Å². The number of ether oxygens (including phenoxy) is 1. The second-order valence-corrected chi connectivity index (χ2v) is 4.64. The van der Waals surface area contributed by atoms with Crippen LogP contribution in [0.4, 0.5) is 8.78 Å². The summed E-state index contributed by atoms with van der Waals surface area (Å²) in [5.41, 5.74) is 0.545. The van der Waals surface area contributed by atoms with Crippen molar-refractivity contribution in [2.45, 2.75) is 6.61 Å². The minimum absolute atomic E-state index is 0.0421. The molecular formula is C14H8BrF2NO. The highest BCUT2D eigenvalue weighted by Gasteiger charge is 2.07. The Morgan fingerprint density at radius 1 is 1.16 bits per heavy atom. The van der Waals surface area contributed by atoms with Crippen molar-refractivity contribution in [1.29, 1.82) is 5.26 Å². The Labute approximate surface area is 117 Å². The maximum Gasteiger partial charge on any atom is 0.136 e. The molecular weight excluding hydrogens is 316 g/mol. The molecule has 0 unspecified atom stereocenters. The highest BCUT2D eigenvalue weighted by molar-refractivity contribution is 9.10. The monoisotopic (exact) mass is 323 g/mol. The first-order valence-electron chi connectivity index (χ1n) is 5.36. The van der Waals surface area contributed by atoms with E-state index in [1.807, 2.05) is 6.07 Å². The molecule has 0 aliphatic carbocycles. The van der Waals surface area contributed by atoms with E-state index in [9.17, 15) is 8.78 Å². The third-order valence-corrected chi connectivity index (χ3v) is 3.11. The van der Waals surface area contributed by atoms with Crippen LogP contribution in [-0.2, 0) is 6.61 Å². The lowest BCUT2D eigenvalue weighted by Crippen LogP contribution is -1.99. The Kier molecular flexibility index (Phi) is 4.13. The van der Waals surface area contributed by atoms with E-state index < -0.39 is 11.6 Å². The van der Waals surface area contributed by atoms with Crippen LogP contribution in [0.15, 0.2) is 40.9 Å². The summed E-state index contributed by atoms with van der Waals surface area (Å²) in [6.45, 7) is -0.0421. The number of hydrogen-bond donors (Lipinski definition) is 0. The van der Waals surface area contributed by atoms with Gasteiger partial charge in [0.1, 0.15) is 24.0 Å². The zero-order valence-corrected chi connectivity index (χ0v) is 11.2. The van der Waals surface area contributed by atoms with Gasteiger partial charge in [-0.25, -0.2) is 8.78 Å². The molecule has 0 amide bonds. The van der Waals surface area contributed by atoms with Crippen LogP contribution in [0.5, 0.6) is 5.75 Å². The third-order valence-electron chi connectivity index (χ3n) is 2.46. The Morgan fingerprint density at radius 2 is 1.95 bits per heavy atom. The van der Waals surface area contributed by atoms with Crippen LogP contribution in [0, 0.1) is 23.0 Å². The molecule has 19 heavy (non-hydrogen) atoms. The van der Waals surface area contributed by atoms with Crippen LogP contribution < -0.4 is 4.74 Å². The van der Waals surface area contributed by atoms with Crippen molar-refractivity contribution in [3.05, 3.63) is 63.6 Å². The van der Waals surface area contributed by atoms with E-state index in [0.29, 0.717) is 15.8 Å². The second-order valence-electron chi connectivity index (χ2n) is 3.78. The molecule has 0 N–H and O–H groups in total. The highest BCUT2D eigenvalue weighted by atomic mass is 79.9. The number of benzene rings is 2. The summed E-state index contributed by atoms with van der Waals surface area (Å²) in [4.78, 5) is 0. The Balaban J connectivity index is 2.15. The Hall–Kier alpha value is -1.93. The van der Waals surface area contributed by atoms with Gasteiger partial charge in [0.05, 0.1) is 16.1 Å². The van der Waals surface area contributed by atoms with E-state index in [1.54, 1.807) is 0 Å². The molecule has 0 radical (unpaired) electrons. The predicted octanol–water partition coefficient (Wildman–Crippen LogP) is 4.18. The average Bonchev–Trinajstić information content (AvgIpc) is 2.40. The molecule has 5 heteroatoms. The van der Waals surface area contributed by atoms with Gasteiger partial charge in [0.15, 0.2) is 0 Å². The van der Waals surface area contributed by atoms with Crippen LogP contribution in [-0.4, -0.2) is 0 Å². The van der Waals surface area contributed by atoms with Crippen molar-refractivity contribution in [3.63, 3.8) is 0 Å². The maximum atomic E-state index is 13.6. The molecule has 2 aromatic rings. The van der Waals surface area contributed by atoms with Crippen LogP contribution in [0.2, 0.25) is 0 Å². The normalized spacial score (nSPS) is 10.0. The summed E-state index contributed by atoms with van der Waals surface area (Å²) in [5.74, 6) is -0.658. The standard InChI is InChI=1S/C14H8BrF2NO/c15-12-4-3-11(16)6-14(12)19-8-10-2-1-9(7-18)5-13(10)17/h1-6H,8H2. The SMILES string of the molecule is N#Cc1ccc(COc2cc(F)ccc2Br)c(F)c1. The summed E-state index contributed by atoms with van der Waals surface area (Å²) in [6.07, 6.45) is 0. The van der Waals surface area contributed by atoms with Gasteiger partial charge in [-0.1, -0.05) is 6.07 Å². The van der Waals surface area contributed by atoms with Gasteiger partial charge >= 0.3 is 0 Å². The molecule has 0 spiro atoms. The summed E-state index contributed by atoms with van der Waals surface area (Å²) < 4.78 is 32.6. The molecule has 0 bridgehead atoms. The molecule has 2 rings (SSSR count). The van der Waals surface area contributed by atoms with Gasteiger partial charge in [0.2, 0.25) is 0 Å². The molecule has 0 heterocycles. The molecule has 0 aromatic heterocycles. The Bertz CT molecular complexity index is 652. The quantitative estimate of drug-likeness (QED) is 0.849. The van der Waals surface area contributed by atoms with E-state index in [0.717, 1.165) is 6.07 Å². The van der Waals surface area contributed by atoms with Gasteiger partial charge in [-0.3, -0.25) is 0 Å². The average molecular weight is 324 g/mol. The van der Waals surface area contributed by atoms with Crippen molar-refractivity contribution in [1.82, 2.24) is 0 Å². The van der Waals surface area contributed by atoms with Crippen molar-refractivity contribution in [3.8, 4) is 11.8 Å². The van der Waals surface area contributed by atoms with Crippen molar-refractivity contribution in [2.24, 2.45) is 0 Å². The summed E-state index contributed by atoms with van der Waals surface area (Å²) >= 11 is 3.22. The van der Waals surface area contributed by atoms with Crippen LogP contribution in [0.25, 0.3) is 0 Å². The summed E-state index contributed by atoms with van der Waals surface area (Å²) in [6, 6.07) is 9.98. The van der Waals surface area contributed by atoms with E-state index in [-0.39, 0.29) is 12.2 Å². The van der Waals surface area contributed by atoms with Crippen molar-refractivity contribution >= 4 is 15.9 Å². The van der Waals surface area contributed by atoms with Gasteiger partial charge in [-0.2, -0.15) is 5.26 Å². The summed E-state index contributed by atoms with van der Waals surface area (Å²) in [7, 11) is 0. The molecule has 2 nitrogen and oxygen atoms in total. The number of hydrogen-bond acceptors (Lipinski definition) is 2. The molecule has 0 saturated heterocycles. The minimum atomic E-state index is -0.522. The number of halogens is 3. The number of nitriles is 1. The lowest BCUT2D eigenvalue weighted by molar-refractivity contribution is 0.296. The zero-order valence-electron chi connectivity index (χ0n) is 9.66. The first kappa shape index (κ1) is 13.5. The van der Waals surface area contributed by atoms with Gasteiger partial charge in [-0.05, 0) is 40.2 Å². The smallest absolute Gasteiger partial charge is 0.136 e. The van der Waals surface area contributed by atoms with Crippen LogP contribution >= 0.6 is 15.9 Å². The molecule has 0 aliphatic rings. The molecule has 0 aliphatic heterocycles. The number of nitrogens with zero attached hydrogens (tertiary/aromatic N) is 1. The fourth-order valence-corrected chi connectivity index (χ4v) is 1.84. The Morgan fingerprint density at radius 3 is 2.63 bits per heavy atom.